The van der Waals surface area contributed by atoms with Crippen LogP contribution in [-0.2, 0) is 30.8 Å². The van der Waals surface area contributed by atoms with Crippen molar-refractivity contribution in [3.05, 3.63) is 51.5 Å². The number of halogens is 1. The van der Waals surface area contributed by atoms with Crippen LogP contribution in [0.15, 0.2) is 35.5 Å². The summed E-state index contributed by atoms with van der Waals surface area (Å²) < 4.78 is 5.82. The number of nitrogens with one attached hydrogen (secondary N) is 2. The van der Waals surface area contributed by atoms with E-state index < -0.39 is 0 Å². The summed E-state index contributed by atoms with van der Waals surface area (Å²) in [6.07, 6.45) is 3.60. The lowest BCUT2D eigenvalue weighted by molar-refractivity contribution is -0.0704. The Morgan fingerprint density at radius 3 is 2.37 bits per heavy atom. The van der Waals surface area contributed by atoms with Crippen LogP contribution in [0.1, 0.15) is 41.8 Å². The third-order valence-corrected chi connectivity index (χ3v) is 6.11. The maximum absolute atomic E-state index is 5.82. The van der Waals surface area contributed by atoms with Crippen molar-refractivity contribution < 1.29 is 4.74 Å². The molecule has 0 spiro atoms. The second kappa shape index (κ2) is 12.6. The zero-order valence-corrected chi connectivity index (χ0v) is 21.5. The van der Waals surface area contributed by atoms with Crippen molar-refractivity contribution in [1.29, 1.82) is 0 Å². The fraction of sp³-hybridized carbons (Fsp3) is 0.545. The summed E-state index contributed by atoms with van der Waals surface area (Å²) in [5, 5.41) is 7.80. The quantitative estimate of drug-likeness (QED) is 0.316. The van der Waals surface area contributed by atoms with Gasteiger partial charge in [0, 0.05) is 44.3 Å². The topological polar surface area (TPSA) is 61.8 Å². The van der Waals surface area contributed by atoms with Gasteiger partial charge in [-0.15, -0.1) is 35.3 Å². The number of aromatic nitrogens is 1. The Kier molecular flexibility index (Phi) is 10.5. The van der Waals surface area contributed by atoms with E-state index in [1.54, 1.807) is 18.4 Å². The zero-order chi connectivity index (χ0) is 20.6. The molecule has 2 aromatic rings. The molecule has 1 fully saturated rings. The number of ether oxygens (including phenoxy) is 1. The fourth-order valence-corrected chi connectivity index (χ4v) is 4.40. The number of nitrogens with zero attached hydrogens (tertiary/aromatic N) is 3. The Labute approximate surface area is 201 Å². The van der Waals surface area contributed by atoms with Crippen LogP contribution in [0.2, 0.25) is 0 Å². The molecule has 1 aromatic carbocycles. The van der Waals surface area contributed by atoms with Gasteiger partial charge in [0.1, 0.15) is 5.01 Å². The van der Waals surface area contributed by atoms with Crippen LogP contribution in [0.4, 0.5) is 0 Å². The van der Waals surface area contributed by atoms with Crippen molar-refractivity contribution in [1.82, 2.24) is 20.5 Å². The molecule has 2 unspecified atom stereocenters. The fourth-order valence-electron chi connectivity index (χ4n) is 3.59. The normalized spacial score (nSPS) is 19.9. The highest BCUT2D eigenvalue weighted by molar-refractivity contribution is 14.0. The predicted molar refractivity (Wildman–Crippen MR) is 136 cm³/mol. The summed E-state index contributed by atoms with van der Waals surface area (Å²) in [7, 11) is 1.79. The molecule has 0 aliphatic carbocycles. The van der Waals surface area contributed by atoms with Crippen molar-refractivity contribution in [3.8, 4) is 0 Å². The molecule has 3 rings (SSSR count). The minimum atomic E-state index is 0. The molecule has 0 saturated carbocycles. The van der Waals surface area contributed by atoms with Gasteiger partial charge in [-0.25, -0.2) is 4.98 Å². The summed E-state index contributed by atoms with van der Waals surface area (Å²) in [4.78, 5) is 12.5. The van der Waals surface area contributed by atoms with E-state index >= 15 is 0 Å². The lowest BCUT2D eigenvalue weighted by atomic mass is 10.1. The van der Waals surface area contributed by atoms with Crippen LogP contribution < -0.4 is 10.6 Å². The average Bonchev–Trinajstić information content (AvgIpc) is 3.17. The van der Waals surface area contributed by atoms with Gasteiger partial charge in [0.15, 0.2) is 5.96 Å². The second-order valence-electron chi connectivity index (χ2n) is 7.62. The van der Waals surface area contributed by atoms with Crippen LogP contribution in [-0.4, -0.2) is 48.2 Å². The van der Waals surface area contributed by atoms with Crippen molar-refractivity contribution in [2.45, 2.75) is 59.0 Å². The molecule has 1 aliphatic heterocycles. The largest absolute Gasteiger partial charge is 0.373 e. The van der Waals surface area contributed by atoms with Crippen LogP contribution in [0, 0.1) is 0 Å². The number of guanidine groups is 1. The van der Waals surface area contributed by atoms with E-state index in [4.69, 9.17) is 4.74 Å². The molecule has 1 saturated heterocycles. The van der Waals surface area contributed by atoms with Crippen molar-refractivity contribution in [2.75, 3.05) is 20.1 Å². The van der Waals surface area contributed by atoms with E-state index in [1.165, 1.54) is 16.0 Å². The maximum Gasteiger partial charge on any atom is 0.191 e. The van der Waals surface area contributed by atoms with Gasteiger partial charge in [0.2, 0.25) is 0 Å². The monoisotopic (exact) mass is 543 g/mol. The lowest BCUT2D eigenvalue weighted by Gasteiger charge is -2.35. The highest BCUT2D eigenvalue weighted by Crippen LogP contribution is 2.15. The van der Waals surface area contributed by atoms with Gasteiger partial charge in [-0.2, -0.15) is 0 Å². The molecule has 8 heteroatoms. The molecule has 2 heterocycles. The smallest absolute Gasteiger partial charge is 0.191 e. The van der Waals surface area contributed by atoms with Gasteiger partial charge < -0.3 is 15.4 Å². The number of thiazole rings is 1. The number of aliphatic imine (C=N–C) groups is 1. The van der Waals surface area contributed by atoms with Crippen LogP contribution >= 0.6 is 35.3 Å². The average molecular weight is 544 g/mol. The van der Waals surface area contributed by atoms with E-state index in [9.17, 15) is 0 Å². The molecule has 6 nitrogen and oxygen atoms in total. The number of hydrogen-bond donors (Lipinski definition) is 2. The van der Waals surface area contributed by atoms with Crippen LogP contribution in [0.25, 0.3) is 0 Å². The molecular formula is C22H34IN5OS. The van der Waals surface area contributed by atoms with E-state index in [-0.39, 0.29) is 24.0 Å². The molecule has 1 aromatic heterocycles. The van der Waals surface area contributed by atoms with E-state index in [2.05, 4.69) is 70.5 Å². The molecule has 0 bridgehead atoms. The molecule has 166 valence electrons. The number of aryl methyl sites for hydroxylation is 1. The van der Waals surface area contributed by atoms with Crippen molar-refractivity contribution >= 4 is 41.3 Å². The van der Waals surface area contributed by atoms with E-state index in [1.807, 2.05) is 6.20 Å². The lowest BCUT2D eigenvalue weighted by Crippen LogP contribution is -2.44. The predicted octanol–water partition coefficient (Wildman–Crippen LogP) is 3.80. The van der Waals surface area contributed by atoms with Gasteiger partial charge in [-0.3, -0.25) is 9.89 Å². The minimum Gasteiger partial charge on any atom is -0.373 e. The van der Waals surface area contributed by atoms with Gasteiger partial charge in [0.25, 0.3) is 0 Å². The Bertz CT molecular complexity index is 785. The minimum absolute atomic E-state index is 0. The Hall–Kier alpha value is -1.23. The van der Waals surface area contributed by atoms with Crippen molar-refractivity contribution in [3.63, 3.8) is 0 Å². The molecule has 1 aliphatic rings. The molecule has 0 amide bonds. The summed E-state index contributed by atoms with van der Waals surface area (Å²) >= 11 is 1.75. The number of rotatable bonds is 7. The number of benzene rings is 1. The van der Waals surface area contributed by atoms with Gasteiger partial charge >= 0.3 is 0 Å². The third kappa shape index (κ3) is 7.79. The molecule has 2 N–H and O–H groups in total. The highest BCUT2D eigenvalue weighted by atomic mass is 127. The molecule has 30 heavy (non-hydrogen) atoms. The Morgan fingerprint density at radius 1 is 1.13 bits per heavy atom. The number of hydrogen-bond acceptors (Lipinski definition) is 5. The van der Waals surface area contributed by atoms with Crippen LogP contribution in [0.5, 0.6) is 0 Å². The first kappa shape index (κ1) is 25.0. The summed E-state index contributed by atoms with van der Waals surface area (Å²) in [5.41, 5.74) is 2.58. The maximum atomic E-state index is 5.82. The Balaban J connectivity index is 0.00000320. The second-order valence-corrected chi connectivity index (χ2v) is 8.82. The first-order valence-corrected chi connectivity index (χ1v) is 11.2. The van der Waals surface area contributed by atoms with Gasteiger partial charge in [0.05, 0.1) is 18.8 Å². The highest BCUT2D eigenvalue weighted by Gasteiger charge is 2.21. The summed E-state index contributed by atoms with van der Waals surface area (Å²) in [5.74, 6) is 0.790. The molecular weight excluding hydrogens is 509 g/mol. The van der Waals surface area contributed by atoms with Gasteiger partial charge in [-0.1, -0.05) is 31.2 Å². The SMILES string of the molecule is CCc1cnc(CNC(=NC)NCc2ccc(CN3CC(C)OC(C)C3)cc2)s1.I. The zero-order valence-electron chi connectivity index (χ0n) is 18.4. The molecule has 2 atom stereocenters. The summed E-state index contributed by atoms with van der Waals surface area (Å²) in [6, 6.07) is 8.83. The third-order valence-electron chi connectivity index (χ3n) is 4.96. The summed E-state index contributed by atoms with van der Waals surface area (Å²) in [6.45, 7) is 10.8. The van der Waals surface area contributed by atoms with Crippen molar-refractivity contribution in [2.24, 2.45) is 4.99 Å². The Morgan fingerprint density at radius 2 is 1.77 bits per heavy atom. The first-order valence-electron chi connectivity index (χ1n) is 10.4. The van der Waals surface area contributed by atoms with E-state index in [0.717, 1.165) is 43.6 Å². The standard InChI is InChI=1S/C22H33N5OS.HI/c1-5-20-11-24-21(29-20)12-26-22(23-4)25-10-18-6-8-19(9-7-18)15-27-13-16(2)28-17(3)14-27;/h6-9,11,16-17H,5,10,12-15H2,1-4H3,(H2,23,25,26);1H. The molecule has 0 radical (unpaired) electrons. The van der Waals surface area contributed by atoms with Gasteiger partial charge in [-0.05, 0) is 31.4 Å². The first-order chi connectivity index (χ1) is 14.1. The van der Waals surface area contributed by atoms with Crippen LogP contribution in [0.3, 0.4) is 0 Å². The van der Waals surface area contributed by atoms with E-state index in [0.29, 0.717) is 18.8 Å². The number of morpholine rings is 1.